The van der Waals surface area contributed by atoms with E-state index in [1.165, 1.54) is 56.1 Å². The maximum atomic E-state index is 12.8. The number of methoxy groups -OCH3 is 3. The average Bonchev–Trinajstić information content (AvgIpc) is 2.84. The fourth-order valence-corrected chi connectivity index (χ4v) is 4.57. The summed E-state index contributed by atoms with van der Waals surface area (Å²) in [4.78, 5) is 12.6. The lowest BCUT2D eigenvalue weighted by Gasteiger charge is -2.26. The van der Waals surface area contributed by atoms with Gasteiger partial charge in [-0.2, -0.15) is 9.41 Å². The van der Waals surface area contributed by atoms with Gasteiger partial charge in [0.1, 0.15) is 5.75 Å². The fraction of sp³-hybridized carbons (Fsp3) is 0.333. The second-order valence-electron chi connectivity index (χ2n) is 6.69. The molecule has 3 rings (SSSR count). The number of morpholine rings is 1. The topological polar surface area (TPSA) is 116 Å². The summed E-state index contributed by atoms with van der Waals surface area (Å²) in [5.74, 6) is 0.880. The molecule has 32 heavy (non-hydrogen) atoms. The second kappa shape index (κ2) is 10.4. The molecule has 0 bridgehead atoms. The molecule has 0 radical (unpaired) electrons. The van der Waals surface area contributed by atoms with E-state index in [1.807, 2.05) is 0 Å². The van der Waals surface area contributed by atoms with Crippen molar-refractivity contribution in [1.29, 1.82) is 0 Å². The molecular formula is C21H25N3O7S. The third-order valence-corrected chi connectivity index (χ3v) is 6.70. The number of nitrogens with zero attached hydrogens (tertiary/aromatic N) is 2. The molecule has 2 aromatic carbocycles. The Hall–Kier alpha value is -3.15. The molecule has 0 aromatic heterocycles. The number of sulfonamides is 1. The highest BCUT2D eigenvalue weighted by molar-refractivity contribution is 7.89. The van der Waals surface area contributed by atoms with Crippen LogP contribution in [0.4, 0.5) is 0 Å². The van der Waals surface area contributed by atoms with Crippen molar-refractivity contribution in [2.75, 3.05) is 47.6 Å². The molecule has 172 valence electrons. The largest absolute Gasteiger partial charge is 0.496 e. The van der Waals surface area contributed by atoms with Crippen LogP contribution in [0.25, 0.3) is 0 Å². The van der Waals surface area contributed by atoms with Crippen molar-refractivity contribution < 1.29 is 32.2 Å². The van der Waals surface area contributed by atoms with E-state index in [2.05, 4.69) is 10.5 Å². The highest BCUT2D eigenvalue weighted by Gasteiger charge is 2.26. The maximum Gasteiger partial charge on any atom is 0.271 e. The number of ether oxygens (including phenoxy) is 4. The predicted octanol–water partition coefficient (Wildman–Crippen LogP) is 1.50. The van der Waals surface area contributed by atoms with E-state index in [9.17, 15) is 13.2 Å². The minimum absolute atomic E-state index is 0.0394. The molecule has 1 N–H and O–H groups in total. The van der Waals surface area contributed by atoms with Crippen LogP contribution in [0.5, 0.6) is 17.2 Å². The number of amides is 1. The third-order valence-electron chi connectivity index (χ3n) is 4.81. The molecule has 1 saturated heterocycles. The number of benzene rings is 2. The quantitative estimate of drug-likeness (QED) is 0.466. The van der Waals surface area contributed by atoms with E-state index in [4.69, 9.17) is 18.9 Å². The highest BCUT2D eigenvalue weighted by atomic mass is 32.2. The van der Waals surface area contributed by atoms with Gasteiger partial charge in [-0.15, -0.1) is 0 Å². The van der Waals surface area contributed by atoms with Gasteiger partial charge in [-0.3, -0.25) is 4.79 Å². The first-order valence-corrected chi connectivity index (χ1v) is 11.2. The van der Waals surface area contributed by atoms with Gasteiger partial charge in [0.25, 0.3) is 5.91 Å². The molecule has 1 aliphatic heterocycles. The Kier molecular flexibility index (Phi) is 7.67. The smallest absolute Gasteiger partial charge is 0.271 e. The summed E-state index contributed by atoms with van der Waals surface area (Å²) in [7, 11) is 0.803. The van der Waals surface area contributed by atoms with Crippen molar-refractivity contribution in [1.82, 2.24) is 9.73 Å². The maximum absolute atomic E-state index is 12.8. The van der Waals surface area contributed by atoms with Crippen molar-refractivity contribution in [3.63, 3.8) is 0 Å². The molecule has 11 heteroatoms. The molecular weight excluding hydrogens is 438 g/mol. The number of carbonyl (C=O) groups excluding carboxylic acids is 1. The molecule has 0 atom stereocenters. The van der Waals surface area contributed by atoms with Crippen LogP contribution in [0, 0.1) is 0 Å². The Morgan fingerprint density at radius 3 is 2.34 bits per heavy atom. The summed E-state index contributed by atoms with van der Waals surface area (Å²) < 4.78 is 48.0. The first kappa shape index (κ1) is 23.5. The zero-order valence-electron chi connectivity index (χ0n) is 18.0. The lowest BCUT2D eigenvalue weighted by Crippen LogP contribution is -2.40. The minimum Gasteiger partial charge on any atom is -0.496 e. The zero-order valence-corrected chi connectivity index (χ0v) is 18.8. The van der Waals surface area contributed by atoms with Crippen LogP contribution in [0.1, 0.15) is 15.9 Å². The summed E-state index contributed by atoms with van der Waals surface area (Å²) in [6.45, 7) is 1.23. The number of hydrogen-bond acceptors (Lipinski definition) is 8. The summed E-state index contributed by atoms with van der Waals surface area (Å²) in [5, 5.41) is 3.96. The monoisotopic (exact) mass is 463 g/mol. The molecule has 1 fully saturated rings. The SMILES string of the molecule is COc1cc(OC)c(OC)cc1/C=N\NC(=O)c1cccc(S(=O)(=O)N2CCOCC2)c1. The van der Waals surface area contributed by atoms with E-state index in [1.54, 1.807) is 12.1 Å². The van der Waals surface area contributed by atoms with E-state index in [-0.39, 0.29) is 23.5 Å². The summed E-state index contributed by atoms with van der Waals surface area (Å²) in [5.41, 5.74) is 3.11. The average molecular weight is 464 g/mol. The second-order valence-corrected chi connectivity index (χ2v) is 8.63. The Labute approximate surface area is 186 Å². The van der Waals surface area contributed by atoms with Crippen LogP contribution in [0.15, 0.2) is 46.4 Å². The molecule has 10 nitrogen and oxygen atoms in total. The van der Waals surface area contributed by atoms with E-state index < -0.39 is 15.9 Å². The summed E-state index contributed by atoms with van der Waals surface area (Å²) in [6.07, 6.45) is 1.40. The normalized spacial score (nSPS) is 14.8. The van der Waals surface area contributed by atoms with Gasteiger partial charge in [0.2, 0.25) is 10.0 Å². The molecule has 1 amide bonds. The zero-order chi connectivity index (χ0) is 23.1. The van der Waals surface area contributed by atoms with E-state index >= 15 is 0 Å². The van der Waals surface area contributed by atoms with Gasteiger partial charge in [-0.25, -0.2) is 13.8 Å². The number of hydrazone groups is 1. The summed E-state index contributed by atoms with van der Waals surface area (Å²) in [6, 6.07) is 9.11. The molecule has 1 aliphatic rings. The van der Waals surface area contributed by atoms with Gasteiger partial charge in [-0.1, -0.05) is 6.07 Å². The lowest BCUT2D eigenvalue weighted by atomic mass is 10.2. The first-order valence-electron chi connectivity index (χ1n) is 9.72. The molecule has 1 heterocycles. The molecule has 0 aliphatic carbocycles. The molecule has 0 saturated carbocycles. The van der Waals surface area contributed by atoms with Crippen LogP contribution in [-0.2, 0) is 14.8 Å². The molecule has 0 spiro atoms. The van der Waals surface area contributed by atoms with E-state index in [0.29, 0.717) is 36.0 Å². The Bertz CT molecular complexity index is 1100. The lowest BCUT2D eigenvalue weighted by molar-refractivity contribution is 0.0730. The number of carbonyl (C=O) groups is 1. The Morgan fingerprint density at radius 1 is 1.03 bits per heavy atom. The number of hydrogen-bond donors (Lipinski definition) is 1. The van der Waals surface area contributed by atoms with Gasteiger partial charge in [0.15, 0.2) is 11.5 Å². The van der Waals surface area contributed by atoms with E-state index in [0.717, 1.165) is 0 Å². The fourth-order valence-electron chi connectivity index (χ4n) is 3.11. The molecule has 0 unspecified atom stereocenters. The predicted molar refractivity (Wildman–Crippen MR) is 117 cm³/mol. The van der Waals surface area contributed by atoms with Crippen molar-refractivity contribution >= 4 is 22.1 Å². The first-order chi connectivity index (χ1) is 15.4. The Balaban J connectivity index is 1.76. The van der Waals surface area contributed by atoms with Crippen LogP contribution >= 0.6 is 0 Å². The third kappa shape index (κ3) is 5.18. The summed E-state index contributed by atoms with van der Waals surface area (Å²) >= 11 is 0. The van der Waals surface area contributed by atoms with Crippen molar-refractivity contribution in [2.45, 2.75) is 4.90 Å². The van der Waals surface area contributed by atoms with Gasteiger partial charge >= 0.3 is 0 Å². The van der Waals surface area contributed by atoms with Gasteiger partial charge in [-0.05, 0) is 24.3 Å². The van der Waals surface area contributed by atoms with Crippen molar-refractivity contribution in [2.24, 2.45) is 5.10 Å². The van der Waals surface area contributed by atoms with Crippen LogP contribution in [0.2, 0.25) is 0 Å². The van der Waals surface area contributed by atoms with Gasteiger partial charge < -0.3 is 18.9 Å². The van der Waals surface area contributed by atoms with Crippen molar-refractivity contribution in [3.05, 3.63) is 47.5 Å². The van der Waals surface area contributed by atoms with Crippen LogP contribution in [0.3, 0.4) is 0 Å². The standard InChI is InChI=1S/C21H25N3O7S/c1-28-18-13-20(30-3)19(29-2)12-16(18)14-22-23-21(25)15-5-4-6-17(11-15)32(26,27)24-7-9-31-10-8-24/h4-6,11-14H,7-10H2,1-3H3,(H,23,25)/b22-14-. The van der Waals surface area contributed by atoms with Gasteiger partial charge in [0, 0.05) is 30.3 Å². The van der Waals surface area contributed by atoms with Crippen molar-refractivity contribution in [3.8, 4) is 17.2 Å². The minimum atomic E-state index is -3.71. The van der Waals surface area contributed by atoms with Crippen LogP contribution < -0.4 is 19.6 Å². The number of nitrogens with one attached hydrogen (secondary N) is 1. The Morgan fingerprint density at radius 2 is 1.69 bits per heavy atom. The van der Waals surface area contributed by atoms with Crippen LogP contribution in [-0.4, -0.2) is 72.5 Å². The van der Waals surface area contributed by atoms with Gasteiger partial charge in [0.05, 0.1) is 45.7 Å². The molecule has 2 aromatic rings. The number of rotatable bonds is 8. The highest BCUT2D eigenvalue weighted by Crippen LogP contribution is 2.33.